The molecule has 0 bridgehead atoms. The fraction of sp³-hybridized carbons (Fsp3) is 0.150. The van der Waals surface area contributed by atoms with Crippen molar-refractivity contribution in [3.8, 4) is 11.5 Å². The lowest BCUT2D eigenvalue weighted by molar-refractivity contribution is -0.122. The van der Waals surface area contributed by atoms with Crippen LogP contribution in [0.5, 0.6) is 11.5 Å². The summed E-state index contributed by atoms with van der Waals surface area (Å²) in [4.78, 5) is 26.7. The lowest BCUT2D eigenvalue weighted by Gasteiger charge is -2.14. The minimum Gasteiger partial charge on any atom is -0.506 e. The summed E-state index contributed by atoms with van der Waals surface area (Å²) in [6.45, 7) is 0.171. The number of thioether (sulfide) groups is 1. The van der Waals surface area contributed by atoms with Gasteiger partial charge in [-0.3, -0.25) is 14.5 Å². The van der Waals surface area contributed by atoms with Gasteiger partial charge < -0.3 is 15.2 Å². The Morgan fingerprint density at radius 2 is 1.96 bits per heavy atom. The third-order valence-corrected chi connectivity index (χ3v) is 5.41. The number of hydrogen-bond donors (Lipinski definition) is 2. The first kappa shape index (κ1) is 19.9. The predicted molar refractivity (Wildman–Crippen MR) is 114 cm³/mol. The van der Waals surface area contributed by atoms with E-state index in [9.17, 15) is 14.7 Å². The number of benzene rings is 2. The molecule has 0 saturated carbocycles. The molecule has 0 spiro atoms. The first-order valence-corrected chi connectivity index (χ1v) is 9.67. The summed E-state index contributed by atoms with van der Waals surface area (Å²) in [6.07, 6.45) is 1.83. The van der Waals surface area contributed by atoms with Crippen LogP contribution >= 0.6 is 24.0 Å². The number of nitrogens with zero attached hydrogens (tertiary/aromatic N) is 1. The second kappa shape index (κ2) is 8.90. The Morgan fingerprint density at radius 3 is 2.64 bits per heavy atom. The van der Waals surface area contributed by atoms with Gasteiger partial charge in [0.2, 0.25) is 5.91 Å². The number of thiocarbonyl (C=S) groups is 1. The average molecular weight is 415 g/mol. The molecule has 1 saturated heterocycles. The molecule has 0 atom stereocenters. The molecule has 1 aliphatic heterocycles. The summed E-state index contributed by atoms with van der Waals surface area (Å²) in [6, 6.07) is 13.8. The fourth-order valence-corrected chi connectivity index (χ4v) is 3.86. The number of para-hydroxylation sites is 2. The molecule has 2 aromatic carbocycles. The Hall–Kier alpha value is -2.84. The van der Waals surface area contributed by atoms with Crippen LogP contribution in [0, 0.1) is 0 Å². The smallest absolute Gasteiger partial charge is 0.266 e. The summed E-state index contributed by atoms with van der Waals surface area (Å²) in [5.74, 6) is 0.194. The number of carbonyl (C=O) groups excluding carboxylic acids is 2. The van der Waals surface area contributed by atoms with Crippen LogP contribution < -0.4 is 10.1 Å². The lowest BCUT2D eigenvalue weighted by atomic mass is 10.2. The van der Waals surface area contributed by atoms with E-state index in [1.165, 1.54) is 22.7 Å². The van der Waals surface area contributed by atoms with E-state index < -0.39 is 0 Å². The van der Waals surface area contributed by atoms with E-state index in [1.54, 1.807) is 31.4 Å². The number of anilines is 1. The highest BCUT2D eigenvalue weighted by Crippen LogP contribution is 2.33. The quantitative estimate of drug-likeness (QED) is 0.427. The number of nitrogens with one attached hydrogen (secondary N) is 1. The molecular formula is C20H18N2O4S2. The van der Waals surface area contributed by atoms with Crippen LogP contribution in [0.4, 0.5) is 5.69 Å². The number of ether oxygens (including phenoxy) is 1. The highest BCUT2D eigenvalue weighted by atomic mass is 32.2. The number of rotatable bonds is 6. The van der Waals surface area contributed by atoms with Crippen LogP contribution in [-0.2, 0) is 9.59 Å². The van der Waals surface area contributed by atoms with Gasteiger partial charge in [-0.2, -0.15) is 0 Å². The van der Waals surface area contributed by atoms with Gasteiger partial charge in [0, 0.05) is 13.0 Å². The number of phenols is 1. The summed E-state index contributed by atoms with van der Waals surface area (Å²) in [5.41, 5.74) is 1.19. The molecule has 2 aromatic rings. The van der Waals surface area contributed by atoms with Crippen molar-refractivity contribution < 1.29 is 19.4 Å². The van der Waals surface area contributed by atoms with E-state index in [1.807, 2.05) is 24.3 Å². The average Bonchev–Trinajstić information content (AvgIpc) is 2.95. The summed E-state index contributed by atoms with van der Waals surface area (Å²) < 4.78 is 5.54. The molecule has 3 rings (SSSR count). The monoisotopic (exact) mass is 414 g/mol. The van der Waals surface area contributed by atoms with Crippen molar-refractivity contribution in [2.24, 2.45) is 0 Å². The molecule has 0 unspecified atom stereocenters. The molecule has 1 heterocycles. The van der Waals surface area contributed by atoms with Crippen molar-refractivity contribution in [3.05, 3.63) is 59.0 Å². The van der Waals surface area contributed by atoms with E-state index in [-0.39, 0.29) is 30.5 Å². The molecular weight excluding hydrogens is 396 g/mol. The zero-order valence-corrected chi connectivity index (χ0v) is 16.7. The van der Waals surface area contributed by atoms with E-state index in [0.717, 1.165) is 11.3 Å². The molecule has 28 heavy (non-hydrogen) atoms. The van der Waals surface area contributed by atoms with Crippen molar-refractivity contribution in [2.75, 3.05) is 19.0 Å². The molecule has 0 radical (unpaired) electrons. The summed E-state index contributed by atoms with van der Waals surface area (Å²) >= 11 is 6.50. The first-order chi connectivity index (χ1) is 13.5. The molecule has 0 aliphatic carbocycles. The van der Waals surface area contributed by atoms with Gasteiger partial charge >= 0.3 is 0 Å². The molecule has 144 valence electrons. The highest BCUT2D eigenvalue weighted by Gasteiger charge is 2.32. The zero-order chi connectivity index (χ0) is 20.1. The Bertz CT molecular complexity index is 941. The Kier molecular flexibility index (Phi) is 6.33. The third-order valence-electron chi connectivity index (χ3n) is 4.03. The topological polar surface area (TPSA) is 78.9 Å². The molecule has 1 fully saturated rings. The van der Waals surface area contributed by atoms with Crippen molar-refractivity contribution in [2.45, 2.75) is 6.42 Å². The van der Waals surface area contributed by atoms with Crippen LogP contribution in [0.2, 0.25) is 0 Å². The van der Waals surface area contributed by atoms with Gasteiger partial charge in [0.15, 0.2) is 0 Å². The van der Waals surface area contributed by atoms with Crippen molar-refractivity contribution in [1.29, 1.82) is 0 Å². The van der Waals surface area contributed by atoms with Gasteiger partial charge in [-0.15, -0.1) is 0 Å². The number of hydrogen-bond acceptors (Lipinski definition) is 6. The second-order valence-electron chi connectivity index (χ2n) is 5.92. The van der Waals surface area contributed by atoms with Gasteiger partial charge in [-0.1, -0.05) is 48.2 Å². The predicted octanol–water partition coefficient (Wildman–Crippen LogP) is 3.63. The second-order valence-corrected chi connectivity index (χ2v) is 7.60. The largest absolute Gasteiger partial charge is 0.506 e. The van der Waals surface area contributed by atoms with Gasteiger partial charge in [0.05, 0.1) is 17.7 Å². The van der Waals surface area contributed by atoms with Crippen LogP contribution in [-0.4, -0.2) is 39.8 Å². The number of amides is 2. The zero-order valence-electron chi connectivity index (χ0n) is 15.0. The number of aromatic hydroxyl groups is 1. The third kappa shape index (κ3) is 4.71. The Labute approximate surface area is 172 Å². The summed E-state index contributed by atoms with van der Waals surface area (Å²) in [7, 11) is 1.59. The van der Waals surface area contributed by atoms with Crippen LogP contribution in [0.25, 0.3) is 6.08 Å². The van der Waals surface area contributed by atoms with Crippen molar-refractivity contribution in [1.82, 2.24) is 4.90 Å². The van der Waals surface area contributed by atoms with Gasteiger partial charge in [0.1, 0.15) is 15.8 Å². The van der Waals surface area contributed by atoms with Gasteiger partial charge in [-0.05, 0) is 35.9 Å². The maximum absolute atomic E-state index is 12.6. The molecule has 1 aliphatic rings. The van der Waals surface area contributed by atoms with Crippen molar-refractivity contribution in [3.63, 3.8) is 0 Å². The standard InChI is InChI=1S/C20H18N2O4S2/c1-26-14-8-6-13(7-9-14)12-17-19(25)22(20(27)28-17)11-10-18(24)21-15-4-2-3-5-16(15)23/h2-9,12,23H,10-11H2,1H3,(H,21,24). The molecule has 6 nitrogen and oxygen atoms in total. The fourth-order valence-electron chi connectivity index (χ4n) is 2.55. The van der Waals surface area contributed by atoms with Gasteiger partial charge in [0.25, 0.3) is 5.91 Å². The lowest BCUT2D eigenvalue weighted by Crippen LogP contribution is -2.31. The van der Waals surface area contributed by atoms with E-state index in [2.05, 4.69) is 5.32 Å². The van der Waals surface area contributed by atoms with Crippen molar-refractivity contribution >= 4 is 51.9 Å². The van der Waals surface area contributed by atoms with E-state index >= 15 is 0 Å². The minimum atomic E-state index is -0.310. The minimum absolute atomic E-state index is 0.0103. The molecule has 2 amide bonds. The Balaban J connectivity index is 1.61. The maximum atomic E-state index is 12.6. The normalized spacial score (nSPS) is 15.2. The number of carbonyl (C=O) groups is 2. The van der Waals surface area contributed by atoms with E-state index in [4.69, 9.17) is 17.0 Å². The SMILES string of the molecule is COc1ccc(C=C2SC(=S)N(CCC(=O)Nc3ccccc3O)C2=O)cc1. The number of phenolic OH excluding ortho intramolecular Hbond substituents is 1. The number of methoxy groups -OCH3 is 1. The first-order valence-electron chi connectivity index (χ1n) is 8.45. The van der Waals surface area contributed by atoms with E-state index in [0.29, 0.717) is 14.9 Å². The Morgan fingerprint density at radius 1 is 1.25 bits per heavy atom. The molecule has 8 heteroatoms. The molecule has 2 N–H and O–H groups in total. The highest BCUT2D eigenvalue weighted by molar-refractivity contribution is 8.26. The maximum Gasteiger partial charge on any atom is 0.266 e. The van der Waals surface area contributed by atoms with Crippen LogP contribution in [0.3, 0.4) is 0 Å². The van der Waals surface area contributed by atoms with Crippen LogP contribution in [0.15, 0.2) is 53.4 Å². The molecule has 0 aromatic heterocycles. The summed E-state index contributed by atoms with van der Waals surface area (Å²) in [5, 5.41) is 12.3. The van der Waals surface area contributed by atoms with Crippen LogP contribution in [0.1, 0.15) is 12.0 Å². The van der Waals surface area contributed by atoms with Gasteiger partial charge in [-0.25, -0.2) is 0 Å².